The molecule has 29 heavy (non-hydrogen) atoms. The van der Waals surface area contributed by atoms with Crippen LogP contribution in [-0.4, -0.2) is 33.3 Å². The summed E-state index contributed by atoms with van der Waals surface area (Å²) in [6, 6.07) is 9.81. The van der Waals surface area contributed by atoms with Gasteiger partial charge in [-0.05, 0) is 48.4 Å². The van der Waals surface area contributed by atoms with E-state index in [1.54, 1.807) is 38.3 Å². The summed E-state index contributed by atoms with van der Waals surface area (Å²) in [5.74, 6) is 0.986. The standard InChI is InChI=1S/C21H23F2NO5/c1-4-28-19-11-14(5-9-17(19)29-21(22)23)7-10-20(25)24-13-15-6-8-16(26-2)18(12-15)27-3/h5-12,21H,4,13H2,1-3H3,(H,24,25)/b10-7+. The van der Waals surface area contributed by atoms with E-state index in [1.807, 2.05) is 6.07 Å². The van der Waals surface area contributed by atoms with E-state index >= 15 is 0 Å². The van der Waals surface area contributed by atoms with Crippen molar-refractivity contribution < 1.29 is 32.5 Å². The lowest BCUT2D eigenvalue weighted by Gasteiger charge is -2.11. The van der Waals surface area contributed by atoms with Crippen LogP contribution in [0.4, 0.5) is 8.78 Å². The lowest BCUT2D eigenvalue weighted by Crippen LogP contribution is -2.20. The van der Waals surface area contributed by atoms with Gasteiger partial charge in [-0.15, -0.1) is 0 Å². The van der Waals surface area contributed by atoms with Crippen molar-refractivity contribution in [2.24, 2.45) is 0 Å². The van der Waals surface area contributed by atoms with E-state index in [9.17, 15) is 13.6 Å². The Balaban J connectivity index is 2.00. The van der Waals surface area contributed by atoms with Crippen LogP contribution in [0.3, 0.4) is 0 Å². The molecule has 0 fully saturated rings. The topological polar surface area (TPSA) is 66.0 Å². The number of halogens is 2. The Morgan fingerprint density at radius 2 is 1.76 bits per heavy atom. The Labute approximate surface area is 168 Å². The lowest BCUT2D eigenvalue weighted by molar-refractivity contribution is -0.116. The molecule has 156 valence electrons. The summed E-state index contributed by atoms with van der Waals surface area (Å²) in [5, 5.41) is 2.76. The van der Waals surface area contributed by atoms with Gasteiger partial charge < -0.3 is 24.3 Å². The number of benzene rings is 2. The van der Waals surface area contributed by atoms with Crippen molar-refractivity contribution in [2.45, 2.75) is 20.1 Å². The van der Waals surface area contributed by atoms with E-state index in [1.165, 1.54) is 25.3 Å². The molecule has 0 aliphatic carbocycles. The first kappa shape index (κ1) is 22.0. The Bertz CT molecular complexity index is 855. The van der Waals surface area contributed by atoms with E-state index < -0.39 is 6.61 Å². The Hall–Kier alpha value is -3.29. The predicted molar refractivity (Wildman–Crippen MR) is 105 cm³/mol. The van der Waals surface area contributed by atoms with Crippen molar-refractivity contribution in [1.29, 1.82) is 0 Å². The van der Waals surface area contributed by atoms with Gasteiger partial charge in [0.05, 0.1) is 20.8 Å². The molecule has 8 heteroatoms. The van der Waals surface area contributed by atoms with Gasteiger partial charge in [-0.25, -0.2) is 0 Å². The zero-order valence-electron chi connectivity index (χ0n) is 16.4. The third-order valence-corrected chi connectivity index (χ3v) is 3.83. The molecule has 6 nitrogen and oxygen atoms in total. The summed E-state index contributed by atoms with van der Waals surface area (Å²) in [7, 11) is 3.09. The zero-order valence-corrected chi connectivity index (χ0v) is 16.4. The molecule has 0 aliphatic heterocycles. The SMILES string of the molecule is CCOc1cc(/C=C/C(=O)NCc2ccc(OC)c(OC)c2)ccc1OC(F)F. The van der Waals surface area contributed by atoms with Gasteiger partial charge in [0.1, 0.15) is 0 Å². The molecule has 0 aliphatic rings. The fraction of sp³-hybridized carbons (Fsp3) is 0.286. The van der Waals surface area contributed by atoms with Crippen molar-refractivity contribution >= 4 is 12.0 Å². The van der Waals surface area contributed by atoms with Crippen LogP contribution in [-0.2, 0) is 11.3 Å². The molecule has 0 heterocycles. The van der Waals surface area contributed by atoms with E-state index in [4.69, 9.17) is 14.2 Å². The largest absolute Gasteiger partial charge is 0.493 e. The number of nitrogens with one attached hydrogen (secondary N) is 1. The minimum absolute atomic E-state index is 0.0584. The molecule has 2 aromatic carbocycles. The smallest absolute Gasteiger partial charge is 0.387 e. The number of hydrogen-bond donors (Lipinski definition) is 1. The second-order valence-corrected chi connectivity index (χ2v) is 5.76. The third-order valence-electron chi connectivity index (χ3n) is 3.83. The van der Waals surface area contributed by atoms with Gasteiger partial charge in [0.15, 0.2) is 23.0 Å². The van der Waals surface area contributed by atoms with Gasteiger partial charge in [-0.1, -0.05) is 12.1 Å². The van der Waals surface area contributed by atoms with Crippen molar-refractivity contribution in [2.75, 3.05) is 20.8 Å². The van der Waals surface area contributed by atoms with Crippen LogP contribution in [0.15, 0.2) is 42.5 Å². The number of methoxy groups -OCH3 is 2. The summed E-state index contributed by atoms with van der Waals surface area (Å²) >= 11 is 0. The van der Waals surface area contributed by atoms with Crippen molar-refractivity contribution in [1.82, 2.24) is 5.32 Å². The first-order valence-electron chi connectivity index (χ1n) is 8.85. The molecule has 1 amide bonds. The number of rotatable bonds is 10. The monoisotopic (exact) mass is 407 g/mol. The maximum absolute atomic E-state index is 12.5. The number of alkyl halides is 2. The Morgan fingerprint density at radius 3 is 2.41 bits per heavy atom. The first-order valence-corrected chi connectivity index (χ1v) is 8.85. The van der Waals surface area contributed by atoms with Gasteiger partial charge in [-0.3, -0.25) is 4.79 Å². The molecule has 0 spiro atoms. The van der Waals surface area contributed by atoms with Crippen molar-refractivity contribution in [3.05, 3.63) is 53.6 Å². The minimum atomic E-state index is -2.95. The summed E-state index contributed by atoms with van der Waals surface area (Å²) in [4.78, 5) is 12.1. The van der Waals surface area contributed by atoms with Crippen molar-refractivity contribution in [3.63, 3.8) is 0 Å². The fourth-order valence-corrected chi connectivity index (χ4v) is 2.50. The molecular weight excluding hydrogens is 384 g/mol. The lowest BCUT2D eigenvalue weighted by atomic mass is 10.1. The quantitative estimate of drug-likeness (QED) is 0.603. The highest BCUT2D eigenvalue weighted by Gasteiger charge is 2.11. The number of amides is 1. The van der Waals surface area contributed by atoms with Crippen LogP contribution in [0.5, 0.6) is 23.0 Å². The molecule has 0 aromatic heterocycles. The van der Waals surface area contributed by atoms with Crippen LogP contribution in [0.1, 0.15) is 18.1 Å². The first-order chi connectivity index (χ1) is 14.0. The normalized spacial score (nSPS) is 10.8. The van der Waals surface area contributed by atoms with Gasteiger partial charge in [0, 0.05) is 12.6 Å². The number of ether oxygens (including phenoxy) is 4. The molecule has 2 rings (SSSR count). The van der Waals surface area contributed by atoms with Crippen LogP contribution in [0.25, 0.3) is 6.08 Å². The molecular formula is C21H23F2NO5. The summed E-state index contributed by atoms with van der Waals surface area (Å²) in [6.45, 7) is -0.623. The number of hydrogen-bond acceptors (Lipinski definition) is 5. The Kier molecular flexibility index (Phi) is 8.27. The second kappa shape index (κ2) is 10.9. The number of carbonyl (C=O) groups excluding carboxylic acids is 1. The second-order valence-electron chi connectivity index (χ2n) is 5.76. The van der Waals surface area contributed by atoms with Crippen LogP contribution < -0.4 is 24.3 Å². The highest BCUT2D eigenvalue weighted by Crippen LogP contribution is 2.30. The maximum atomic E-state index is 12.5. The molecule has 0 radical (unpaired) electrons. The highest BCUT2D eigenvalue weighted by molar-refractivity contribution is 5.91. The van der Waals surface area contributed by atoms with Gasteiger partial charge in [0.2, 0.25) is 5.91 Å². The van der Waals surface area contributed by atoms with Gasteiger partial charge >= 0.3 is 6.61 Å². The molecule has 0 unspecified atom stereocenters. The molecule has 0 bridgehead atoms. The number of carbonyl (C=O) groups is 1. The highest BCUT2D eigenvalue weighted by atomic mass is 19.3. The zero-order chi connectivity index (χ0) is 21.2. The van der Waals surface area contributed by atoms with Gasteiger partial charge in [-0.2, -0.15) is 8.78 Å². The van der Waals surface area contributed by atoms with Crippen LogP contribution in [0.2, 0.25) is 0 Å². The van der Waals surface area contributed by atoms with Crippen LogP contribution in [0, 0.1) is 0 Å². The van der Waals surface area contributed by atoms with Crippen LogP contribution >= 0.6 is 0 Å². The molecule has 0 atom stereocenters. The molecule has 0 saturated heterocycles. The summed E-state index contributed by atoms with van der Waals surface area (Å²) in [6.07, 6.45) is 2.90. The Morgan fingerprint density at radius 1 is 1.03 bits per heavy atom. The third kappa shape index (κ3) is 6.67. The maximum Gasteiger partial charge on any atom is 0.387 e. The van der Waals surface area contributed by atoms with E-state index in [2.05, 4.69) is 10.1 Å². The van der Waals surface area contributed by atoms with Gasteiger partial charge in [0.25, 0.3) is 0 Å². The minimum Gasteiger partial charge on any atom is -0.493 e. The summed E-state index contributed by atoms with van der Waals surface area (Å²) in [5.41, 5.74) is 1.45. The van der Waals surface area contributed by atoms with E-state index in [0.29, 0.717) is 30.2 Å². The van der Waals surface area contributed by atoms with E-state index in [0.717, 1.165) is 5.56 Å². The molecule has 2 aromatic rings. The molecule has 0 saturated carbocycles. The average molecular weight is 407 g/mol. The predicted octanol–water partition coefficient (Wildman–Crippen LogP) is 4.03. The average Bonchev–Trinajstić information content (AvgIpc) is 2.71. The fourth-order valence-electron chi connectivity index (χ4n) is 2.50. The summed E-state index contributed by atoms with van der Waals surface area (Å²) < 4.78 is 45.0. The molecule has 1 N–H and O–H groups in total. The van der Waals surface area contributed by atoms with Crippen molar-refractivity contribution in [3.8, 4) is 23.0 Å². The van der Waals surface area contributed by atoms with E-state index in [-0.39, 0.29) is 17.4 Å².